The van der Waals surface area contributed by atoms with Gasteiger partial charge in [0.2, 0.25) is 0 Å². The van der Waals surface area contributed by atoms with Crippen LogP contribution < -0.4 is 10.6 Å². The molecule has 0 atom stereocenters. The highest BCUT2D eigenvalue weighted by molar-refractivity contribution is 6.03. The number of carbonyl (C=O) groups is 2. The van der Waals surface area contributed by atoms with Crippen molar-refractivity contribution in [1.82, 2.24) is 4.98 Å². The van der Waals surface area contributed by atoms with Crippen LogP contribution in [0.25, 0.3) is 0 Å². The molecule has 1 aromatic carbocycles. The molecule has 0 spiro atoms. The third kappa shape index (κ3) is 4.81. The van der Waals surface area contributed by atoms with Crippen molar-refractivity contribution in [3.05, 3.63) is 53.9 Å². The van der Waals surface area contributed by atoms with Gasteiger partial charge in [-0.3, -0.25) is 9.78 Å². The monoisotopic (exact) mass is 327 g/mol. The Bertz CT molecular complexity index is 712. The Labute approximate surface area is 141 Å². The topological polar surface area (TPSA) is 80.3 Å². The number of nitrogens with zero attached hydrogens (tertiary/aromatic N) is 1. The first kappa shape index (κ1) is 17.5. The van der Waals surface area contributed by atoms with E-state index >= 15 is 0 Å². The maximum absolute atomic E-state index is 12.3. The van der Waals surface area contributed by atoms with Crippen LogP contribution in [-0.4, -0.2) is 30.5 Å². The quantitative estimate of drug-likeness (QED) is 0.797. The van der Waals surface area contributed by atoms with Crippen LogP contribution in [0.3, 0.4) is 0 Å². The number of nitrogens with one attached hydrogen (secondary N) is 2. The number of carbonyl (C=O) groups excluding carboxylic acids is 2. The Kier molecular flexibility index (Phi) is 5.89. The number of ether oxygens (including phenoxy) is 1. The molecule has 126 valence electrons. The molecule has 2 rings (SSSR count). The van der Waals surface area contributed by atoms with Gasteiger partial charge in [0.15, 0.2) is 0 Å². The van der Waals surface area contributed by atoms with Crippen LogP contribution in [0.4, 0.5) is 11.4 Å². The van der Waals surface area contributed by atoms with Gasteiger partial charge in [-0.1, -0.05) is 13.8 Å². The minimum Gasteiger partial charge on any atom is -0.465 e. The summed E-state index contributed by atoms with van der Waals surface area (Å²) in [6.45, 7) is 5.04. The number of pyridine rings is 1. The van der Waals surface area contributed by atoms with E-state index < -0.39 is 5.97 Å². The molecule has 0 aliphatic rings. The fraction of sp³-hybridized carbons (Fsp3) is 0.278. The van der Waals surface area contributed by atoms with Crippen LogP contribution in [0.2, 0.25) is 0 Å². The molecule has 1 heterocycles. The van der Waals surface area contributed by atoms with E-state index in [4.69, 9.17) is 0 Å². The SMILES string of the molecule is COC(=O)c1ccc(NC(=O)c2cc(NCC(C)C)ccn2)cc1. The molecule has 1 aromatic heterocycles. The Morgan fingerprint density at radius 2 is 1.83 bits per heavy atom. The second-order valence-corrected chi connectivity index (χ2v) is 5.73. The lowest BCUT2D eigenvalue weighted by Crippen LogP contribution is -2.15. The molecule has 1 amide bonds. The Morgan fingerprint density at radius 3 is 2.46 bits per heavy atom. The van der Waals surface area contributed by atoms with E-state index in [0.717, 1.165) is 12.2 Å². The van der Waals surface area contributed by atoms with Crippen molar-refractivity contribution in [1.29, 1.82) is 0 Å². The molecule has 0 unspecified atom stereocenters. The van der Waals surface area contributed by atoms with E-state index in [9.17, 15) is 9.59 Å². The average molecular weight is 327 g/mol. The molecule has 24 heavy (non-hydrogen) atoms. The Balaban J connectivity index is 2.04. The summed E-state index contributed by atoms with van der Waals surface area (Å²) < 4.78 is 4.64. The largest absolute Gasteiger partial charge is 0.465 e. The highest BCUT2D eigenvalue weighted by atomic mass is 16.5. The first-order valence-electron chi connectivity index (χ1n) is 7.69. The zero-order valence-electron chi connectivity index (χ0n) is 14.0. The van der Waals surface area contributed by atoms with Gasteiger partial charge in [0, 0.05) is 24.1 Å². The van der Waals surface area contributed by atoms with Crippen molar-refractivity contribution < 1.29 is 14.3 Å². The summed E-state index contributed by atoms with van der Waals surface area (Å²) in [5, 5.41) is 6.01. The number of anilines is 2. The average Bonchev–Trinajstić information content (AvgIpc) is 2.60. The molecule has 0 aliphatic heterocycles. The lowest BCUT2D eigenvalue weighted by atomic mass is 10.2. The van der Waals surface area contributed by atoms with Crippen LogP contribution in [0.5, 0.6) is 0 Å². The molecule has 6 heteroatoms. The van der Waals surface area contributed by atoms with Gasteiger partial charge < -0.3 is 15.4 Å². The van der Waals surface area contributed by atoms with Crippen LogP contribution in [0.1, 0.15) is 34.7 Å². The van der Waals surface area contributed by atoms with Crippen molar-refractivity contribution in [3.63, 3.8) is 0 Å². The van der Waals surface area contributed by atoms with Crippen molar-refractivity contribution in [2.75, 3.05) is 24.3 Å². The van der Waals surface area contributed by atoms with Gasteiger partial charge in [-0.05, 0) is 42.3 Å². The minimum absolute atomic E-state index is 0.311. The summed E-state index contributed by atoms with van der Waals surface area (Å²) in [5.41, 5.74) is 2.18. The second-order valence-electron chi connectivity index (χ2n) is 5.73. The predicted molar refractivity (Wildman–Crippen MR) is 93.3 cm³/mol. The highest BCUT2D eigenvalue weighted by Crippen LogP contribution is 2.13. The molecule has 0 saturated carbocycles. The standard InChI is InChI=1S/C18H21N3O3/c1-12(2)11-20-15-8-9-19-16(10-15)17(22)21-14-6-4-13(5-7-14)18(23)24-3/h4-10,12H,11H2,1-3H3,(H,19,20)(H,21,22). The van der Waals surface area contributed by atoms with Gasteiger partial charge in [0.05, 0.1) is 12.7 Å². The lowest BCUT2D eigenvalue weighted by molar-refractivity contribution is 0.0600. The number of rotatable bonds is 6. The van der Waals surface area contributed by atoms with Crippen LogP contribution in [0, 0.1) is 5.92 Å². The van der Waals surface area contributed by atoms with Gasteiger partial charge in [-0.25, -0.2) is 4.79 Å². The van der Waals surface area contributed by atoms with E-state index in [1.807, 2.05) is 6.07 Å². The third-order valence-corrected chi connectivity index (χ3v) is 3.27. The van der Waals surface area contributed by atoms with E-state index in [0.29, 0.717) is 22.9 Å². The summed E-state index contributed by atoms with van der Waals surface area (Å²) in [6, 6.07) is 10.0. The number of aromatic nitrogens is 1. The number of methoxy groups -OCH3 is 1. The van der Waals surface area contributed by atoms with E-state index in [-0.39, 0.29) is 5.91 Å². The minimum atomic E-state index is -0.418. The molecule has 2 N–H and O–H groups in total. The zero-order valence-corrected chi connectivity index (χ0v) is 14.0. The molecule has 0 aliphatic carbocycles. The predicted octanol–water partition coefficient (Wildman–Crippen LogP) is 3.19. The Hall–Kier alpha value is -2.89. The maximum Gasteiger partial charge on any atom is 0.337 e. The van der Waals surface area contributed by atoms with Gasteiger partial charge in [0.25, 0.3) is 5.91 Å². The molecule has 0 bridgehead atoms. The smallest absolute Gasteiger partial charge is 0.337 e. The Morgan fingerprint density at radius 1 is 1.12 bits per heavy atom. The summed E-state index contributed by atoms with van der Waals surface area (Å²) in [4.78, 5) is 27.8. The summed E-state index contributed by atoms with van der Waals surface area (Å²) in [5.74, 6) is -0.226. The molecule has 0 fully saturated rings. The summed E-state index contributed by atoms with van der Waals surface area (Å²) >= 11 is 0. The van der Waals surface area contributed by atoms with Crippen molar-refractivity contribution >= 4 is 23.3 Å². The zero-order chi connectivity index (χ0) is 17.5. The van der Waals surface area contributed by atoms with E-state index in [2.05, 4.69) is 34.2 Å². The molecule has 0 radical (unpaired) electrons. The van der Waals surface area contributed by atoms with Gasteiger partial charge in [-0.2, -0.15) is 0 Å². The first-order chi connectivity index (χ1) is 11.5. The molecular weight excluding hydrogens is 306 g/mol. The van der Waals surface area contributed by atoms with Crippen LogP contribution in [0.15, 0.2) is 42.6 Å². The van der Waals surface area contributed by atoms with E-state index in [1.54, 1.807) is 36.5 Å². The number of hydrogen-bond donors (Lipinski definition) is 2. The first-order valence-corrected chi connectivity index (χ1v) is 7.69. The lowest BCUT2D eigenvalue weighted by Gasteiger charge is -2.10. The number of esters is 1. The number of hydrogen-bond acceptors (Lipinski definition) is 5. The highest BCUT2D eigenvalue weighted by Gasteiger charge is 2.10. The summed E-state index contributed by atoms with van der Waals surface area (Å²) in [7, 11) is 1.32. The van der Waals surface area contributed by atoms with Gasteiger partial charge in [-0.15, -0.1) is 0 Å². The van der Waals surface area contributed by atoms with Crippen molar-refractivity contribution in [3.8, 4) is 0 Å². The molecular formula is C18H21N3O3. The second kappa shape index (κ2) is 8.10. The fourth-order valence-electron chi connectivity index (χ4n) is 1.99. The normalized spacial score (nSPS) is 10.3. The van der Waals surface area contributed by atoms with Gasteiger partial charge in [0.1, 0.15) is 5.69 Å². The molecule has 2 aromatic rings. The van der Waals surface area contributed by atoms with Crippen molar-refractivity contribution in [2.24, 2.45) is 5.92 Å². The summed E-state index contributed by atoms with van der Waals surface area (Å²) in [6.07, 6.45) is 1.60. The third-order valence-electron chi connectivity index (χ3n) is 3.27. The maximum atomic E-state index is 12.3. The fourth-order valence-corrected chi connectivity index (χ4v) is 1.99. The van der Waals surface area contributed by atoms with Crippen LogP contribution in [-0.2, 0) is 4.74 Å². The van der Waals surface area contributed by atoms with Crippen molar-refractivity contribution in [2.45, 2.75) is 13.8 Å². The van der Waals surface area contributed by atoms with E-state index in [1.165, 1.54) is 7.11 Å². The molecule has 6 nitrogen and oxygen atoms in total. The van der Waals surface area contributed by atoms with Gasteiger partial charge >= 0.3 is 5.97 Å². The number of benzene rings is 1. The molecule has 0 saturated heterocycles. The van der Waals surface area contributed by atoms with Crippen LogP contribution >= 0.6 is 0 Å². The number of amides is 1.